The van der Waals surface area contributed by atoms with E-state index in [0.717, 1.165) is 17.7 Å². The molecule has 8 nitrogen and oxygen atoms in total. The van der Waals surface area contributed by atoms with Gasteiger partial charge in [-0.15, -0.1) is 0 Å². The van der Waals surface area contributed by atoms with Crippen LogP contribution in [0.4, 0.5) is 4.79 Å². The van der Waals surface area contributed by atoms with Crippen molar-refractivity contribution < 1.29 is 19.5 Å². The van der Waals surface area contributed by atoms with Crippen molar-refractivity contribution in [3.8, 4) is 0 Å². The Hall–Kier alpha value is -2.45. The third-order valence-electron chi connectivity index (χ3n) is 8.89. The summed E-state index contributed by atoms with van der Waals surface area (Å²) in [6.07, 6.45) is 2.57. The molecule has 2 heterocycles. The van der Waals surface area contributed by atoms with Crippen LogP contribution in [0.15, 0.2) is 18.2 Å². The fourth-order valence-corrected chi connectivity index (χ4v) is 7.32. The maximum atomic E-state index is 13.7. The van der Waals surface area contributed by atoms with E-state index in [1.807, 2.05) is 33.0 Å². The number of nitrogens with two attached hydrogens (primary N) is 1. The second-order valence-electron chi connectivity index (χ2n) is 9.98. The first-order chi connectivity index (χ1) is 15.1. The molecular formula is C24H32N4O4. The molecule has 2 aliphatic heterocycles. The number of carbonyl (C=O) groups is 3. The minimum absolute atomic E-state index is 0.0786. The molecule has 8 heteroatoms. The summed E-state index contributed by atoms with van der Waals surface area (Å²) in [5.41, 5.74) is 5.29. The molecule has 5 rings (SSSR count). The predicted octanol–water partition coefficient (Wildman–Crippen LogP) is 1.24. The summed E-state index contributed by atoms with van der Waals surface area (Å²) >= 11 is 0. The minimum atomic E-state index is -1.04. The molecule has 0 aromatic heterocycles. The summed E-state index contributed by atoms with van der Waals surface area (Å²) in [4.78, 5) is 44.1. The zero-order valence-corrected chi connectivity index (χ0v) is 19.1. The highest BCUT2D eigenvalue weighted by molar-refractivity contribution is 6.07. The van der Waals surface area contributed by atoms with Gasteiger partial charge in [0.15, 0.2) is 0 Å². The van der Waals surface area contributed by atoms with E-state index in [-0.39, 0.29) is 18.0 Å². The average Bonchev–Trinajstić information content (AvgIpc) is 2.96. The number of rotatable bonds is 3. The van der Waals surface area contributed by atoms with Gasteiger partial charge in [0, 0.05) is 30.1 Å². The number of aliphatic hydroxyl groups is 1. The third kappa shape index (κ3) is 2.37. The zero-order valence-electron chi connectivity index (χ0n) is 19.1. The van der Waals surface area contributed by atoms with Crippen molar-refractivity contribution in [3.05, 3.63) is 34.9 Å². The molecule has 172 valence electrons. The Morgan fingerprint density at radius 3 is 2.59 bits per heavy atom. The van der Waals surface area contributed by atoms with Gasteiger partial charge in [0.05, 0.1) is 5.60 Å². The summed E-state index contributed by atoms with van der Waals surface area (Å²) in [7, 11) is 2.04. The van der Waals surface area contributed by atoms with Crippen LogP contribution in [0, 0.1) is 0 Å². The summed E-state index contributed by atoms with van der Waals surface area (Å²) in [6, 6.07) is 5.20. The topological polar surface area (TPSA) is 107 Å². The molecule has 2 saturated heterocycles. The number of benzene rings is 1. The SMILES string of the molecule is CCN1C(=O)N(CC)[C@]2(CC[C@@]3(O)[C@H]4Cc5ccc(C(N)=O)cc5[C@@]3(CCN4C)C2)C1=O. The zero-order chi connectivity index (χ0) is 23.1. The minimum Gasteiger partial charge on any atom is -0.387 e. The summed E-state index contributed by atoms with van der Waals surface area (Å²) in [5.74, 6) is -0.662. The largest absolute Gasteiger partial charge is 0.387 e. The summed E-state index contributed by atoms with van der Waals surface area (Å²) in [5, 5.41) is 12.3. The molecule has 4 amide bonds. The molecule has 32 heavy (non-hydrogen) atoms. The number of primary amides is 1. The van der Waals surface area contributed by atoms with Crippen molar-refractivity contribution in [2.75, 3.05) is 26.7 Å². The molecule has 3 fully saturated rings. The Kier molecular flexibility index (Phi) is 4.53. The number of piperidine rings is 1. The van der Waals surface area contributed by atoms with Crippen molar-refractivity contribution in [2.45, 2.75) is 68.5 Å². The number of likely N-dealkylation sites (N-methyl/N-ethyl adjacent to an activating group) is 3. The quantitative estimate of drug-likeness (QED) is 0.688. The van der Waals surface area contributed by atoms with E-state index < -0.39 is 22.5 Å². The highest BCUT2D eigenvalue weighted by Gasteiger charge is 2.71. The molecule has 1 spiro atoms. The number of likely N-dealkylation sites (tertiary alicyclic amines) is 1. The lowest BCUT2D eigenvalue weighted by Gasteiger charge is -2.66. The van der Waals surface area contributed by atoms with Gasteiger partial charge < -0.3 is 20.6 Å². The molecule has 0 unspecified atom stereocenters. The van der Waals surface area contributed by atoms with E-state index in [0.29, 0.717) is 50.8 Å². The fourth-order valence-electron chi connectivity index (χ4n) is 7.32. The van der Waals surface area contributed by atoms with Gasteiger partial charge in [0.2, 0.25) is 5.91 Å². The molecule has 4 atom stereocenters. The van der Waals surface area contributed by atoms with Crippen LogP contribution in [0.5, 0.6) is 0 Å². The summed E-state index contributed by atoms with van der Waals surface area (Å²) < 4.78 is 0. The normalized spacial score (nSPS) is 36.4. The Morgan fingerprint density at radius 1 is 1.19 bits per heavy atom. The molecular weight excluding hydrogens is 408 g/mol. The standard InChI is InChI=1S/C24H32N4O4/c1-4-27-20(30)23(28(5-2)21(27)31)8-9-24(32)18-13-15-6-7-16(19(25)29)12-17(15)22(24,14-23)10-11-26(18)3/h6-7,12,18,32H,4-5,8-11,13-14H2,1-3H3,(H2,25,29)/t18-,22-,23+,24-/m1/s1. The highest BCUT2D eigenvalue weighted by atomic mass is 16.3. The monoisotopic (exact) mass is 440 g/mol. The number of hydrogen-bond acceptors (Lipinski definition) is 5. The van der Waals surface area contributed by atoms with Crippen LogP contribution in [0.25, 0.3) is 0 Å². The van der Waals surface area contributed by atoms with Crippen molar-refractivity contribution in [1.29, 1.82) is 0 Å². The maximum Gasteiger partial charge on any atom is 0.327 e. The molecule has 1 saturated carbocycles. The van der Waals surface area contributed by atoms with Gasteiger partial charge in [-0.3, -0.25) is 14.5 Å². The van der Waals surface area contributed by atoms with Crippen molar-refractivity contribution in [2.24, 2.45) is 5.73 Å². The number of hydrogen-bond donors (Lipinski definition) is 2. The van der Waals surface area contributed by atoms with Gasteiger partial charge in [0.25, 0.3) is 5.91 Å². The van der Waals surface area contributed by atoms with Crippen LogP contribution in [0.3, 0.4) is 0 Å². The van der Waals surface area contributed by atoms with E-state index in [1.54, 1.807) is 11.0 Å². The third-order valence-corrected chi connectivity index (χ3v) is 8.89. The van der Waals surface area contributed by atoms with E-state index in [1.165, 1.54) is 4.90 Å². The van der Waals surface area contributed by atoms with Crippen molar-refractivity contribution in [3.63, 3.8) is 0 Å². The molecule has 4 aliphatic rings. The van der Waals surface area contributed by atoms with E-state index in [2.05, 4.69) is 4.90 Å². The summed E-state index contributed by atoms with van der Waals surface area (Å²) in [6.45, 7) is 5.27. The van der Waals surface area contributed by atoms with Gasteiger partial charge in [0.1, 0.15) is 5.54 Å². The Morgan fingerprint density at radius 2 is 1.94 bits per heavy atom. The molecule has 1 aromatic carbocycles. The number of imide groups is 1. The number of carbonyl (C=O) groups excluding carboxylic acids is 3. The fraction of sp³-hybridized carbons (Fsp3) is 0.625. The number of urea groups is 1. The van der Waals surface area contributed by atoms with Crippen molar-refractivity contribution in [1.82, 2.24) is 14.7 Å². The predicted molar refractivity (Wildman–Crippen MR) is 118 cm³/mol. The lowest BCUT2D eigenvalue weighted by molar-refractivity contribution is -0.184. The highest BCUT2D eigenvalue weighted by Crippen LogP contribution is 2.61. The van der Waals surface area contributed by atoms with Gasteiger partial charge in [-0.05, 0) is 82.8 Å². The van der Waals surface area contributed by atoms with Crippen LogP contribution in [-0.2, 0) is 16.6 Å². The second kappa shape index (κ2) is 6.78. The number of fused-ring (bicyclic) bond motifs is 1. The molecule has 0 radical (unpaired) electrons. The Labute approximate surface area is 188 Å². The average molecular weight is 441 g/mol. The lowest BCUT2D eigenvalue weighted by Crippen LogP contribution is -2.76. The Balaban J connectivity index is 1.73. The van der Waals surface area contributed by atoms with Crippen LogP contribution >= 0.6 is 0 Å². The van der Waals surface area contributed by atoms with Crippen LogP contribution in [-0.4, -0.2) is 81.5 Å². The molecule has 1 aromatic rings. The molecule has 2 aliphatic carbocycles. The number of amides is 4. The first-order valence-electron chi connectivity index (χ1n) is 11.6. The lowest BCUT2D eigenvalue weighted by atomic mass is 9.46. The molecule has 2 bridgehead atoms. The first-order valence-corrected chi connectivity index (χ1v) is 11.6. The van der Waals surface area contributed by atoms with Gasteiger partial charge in [-0.1, -0.05) is 6.07 Å². The Bertz CT molecular complexity index is 1030. The second-order valence-corrected chi connectivity index (χ2v) is 9.98. The first kappa shape index (κ1) is 21.4. The van der Waals surface area contributed by atoms with Crippen molar-refractivity contribution >= 4 is 17.8 Å². The van der Waals surface area contributed by atoms with E-state index in [4.69, 9.17) is 5.73 Å². The van der Waals surface area contributed by atoms with E-state index in [9.17, 15) is 19.5 Å². The van der Waals surface area contributed by atoms with E-state index >= 15 is 0 Å². The van der Waals surface area contributed by atoms with Crippen LogP contribution in [0.2, 0.25) is 0 Å². The van der Waals surface area contributed by atoms with Gasteiger partial charge in [-0.25, -0.2) is 4.79 Å². The van der Waals surface area contributed by atoms with Crippen LogP contribution < -0.4 is 5.73 Å². The molecule has 3 N–H and O–H groups in total. The maximum absolute atomic E-state index is 13.7. The van der Waals surface area contributed by atoms with Gasteiger partial charge in [-0.2, -0.15) is 0 Å². The van der Waals surface area contributed by atoms with Gasteiger partial charge >= 0.3 is 6.03 Å². The number of nitrogens with zero attached hydrogens (tertiary/aromatic N) is 3. The smallest absolute Gasteiger partial charge is 0.327 e. The van der Waals surface area contributed by atoms with Crippen LogP contribution in [0.1, 0.15) is 61.0 Å².